The van der Waals surface area contributed by atoms with Crippen molar-refractivity contribution in [2.75, 3.05) is 27.2 Å². The van der Waals surface area contributed by atoms with Gasteiger partial charge in [0.1, 0.15) is 0 Å². The minimum atomic E-state index is 0.222. The van der Waals surface area contributed by atoms with Crippen LogP contribution in [0.5, 0.6) is 0 Å². The zero-order valence-corrected chi connectivity index (χ0v) is 10.7. The standard InChI is InChI=1S/C12H26N2O/c1-5-11(6-2)10-13-9-7-8-12(15)14(3)4/h11,13H,5-10H2,1-4H3. The van der Waals surface area contributed by atoms with Crippen LogP contribution in [0.2, 0.25) is 0 Å². The van der Waals surface area contributed by atoms with Gasteiger partial charge in [0.15, 0.2) is 0 Å². The first-order chi connectivity index (χ1) is 7.11. The van der Waals surface area contributed by atoms with Crippen molar-refractivity contribution in [3.63, 3.8) is 0 Å². The molecule has 0 aromatic heterocycles. The molecule has 0 spiro atoms. The smallest absolute Gasteiger partial charge is 0.222 e. The Morgan fingerprint density at radius 1 is 1.27 bits per heavy atom. The molecule has 0 aromatic rings. The zero-order valence-electron chi connectivity index (χ0n) is 10.7. The summed E-state index contributed by atoms with van der Waals surface area (Å²) in [6.45, 7) is 6.50. The average molecular weight is 214 g/mol. The van der Waals surface area contributed by atoms with Crippen LogP contribution in [0.25, 0.3) is 0 Å². The Kier molecular flexibility index (Phi) is 8.38. The van der Waals surface area contributed by atoms with Crippen LogP contribution in [0.3, 0.4) is 0 Å². The van der Waals surface area contributed by atoms with Crippen LogP contribution < -0.4 is 5.32 Å². The minimum Gasteiger partial charge on any atom is -0.349 e. The van der Waals surface area contributed by atoms with E-state index in [-0.39, 0.29) is 5.91 Å². The monoisotopic (exact) mass is 214 g/mol. The van der Waals surface area contributed by atoms with Gasteiger partial charge in [0.2, 0.25) is 5.91 Å². The van der Waals surface area contributed by atoms with Crippen LogP contribution in [-0.2, 0) is 4.79 Å². The number of carbonyl (C=O) groups excluding carboxylic acids is 1. The first kappa shape index (κ1) is 14.4. The van der Waals surface area contributed by atoms with E-state index < -0.39 is 0 Å². The van der Waals surface area contributed by atoms with Crippen molar-refractivity contribution in [1.29, 1.82) is 0 Å². The highest BCUT2D eigenvalue weighted by atomic mass is 16.2. The molecular weight excluding hydrogens is 188 g/mol. The molecule has 0 saturated heterocycles. The van der Waals surface area contributed by atoms with Gasteiger partial charge in [-0.15, -0.1) is 0 Å². The molecule has 0 bridgehead atoms. The fraction of sp³-hybridized carbons (Fsp3) is 0.917. The highest BCUT2D eigenvalue weighted by molar-refractivity contribution is 5.75. The predicted octanol–water partition coefficient (Wildman–Crippen LogP) is 1.88. The van der Waals surface area contributed by atoms with Crippen molar-refractivity contribution in [2.24, 2.45) is 5.92 Å². The van der Waals surface area contributed by atoms with Crippen LogP contribution >= 0.6 is 0 Å². The van der Waals surface area contributed by atoms with Crippen molar-refractivity contribution in [3.05, 3.63) is 0 Å². The number of hydrogen-bond donors (Lipinski definition) is 1. The van der Waals surface area contributed by atoms with Crippen LogP contribution in [0.1, 0.15) is 39.5 Å². The first-order valence-electron chi connectivity index (χ1n) is 6.02. The van der Waals surface area contributed by atoms with E-state index in [0.29, 0.717) is 6.42 Å². The highest BCUT2D eigenvalue weighted by Gasteiger charge is 2.04. The molecule has 3 heteroatoms. The Balaban J connectivity index is 3.35. The number of hydrogen-bond acceptors (Lipinski definition) is 2. The summed E-state index contributed by atoms with van der Waals surface area (Å²) >= 11 is 0. The summed E-state index contributed by atoms with van der Waals surface area (Å²) in [7, 11) is 3.61. The molecule has 0 aliphatic rings. The molecule has 0 rings (SSSR count). The molecule has 0 heterocycles. The summed E-state index contributed by atoms with van der Waals surface area (Å²) in [5, 5.41) is 3.41. The van der Waals surface area contributed by atoms with E-state index in [2.05, 4.69) is 19.2 Å². The van der Waals surface area contributed by atoms with E-state index in [1.54, 1.807) is 19.0 Å². The van der Waals surface area contributed by atoms with Gasteiger partial charge >= 0.3 is 0 Å². The van der Waals surface area contributed by atoms with Gasteiger partial charge in [0.25, 0.3) is 0 Å². The maximum absolute atomic E-state index is 11.3. The van der Waals surface area contributed by atoms with Crippen molar-refractivity contribution >= 4 is 5.91 Å². The quantitative estimate of drug-likeness (QED) is 0.626. The molecule has 15 heavy (non-hydrogen) atoms. The lowest BCUT2D eigenvalue weighted by atomic mass is 10.0. The van der Waals surface area contributed by atoms with E-state index in [9.17, 15) is 4.79 Å². The Hall–Kier alpha value is -0.570. The predicted molar refractivity (Wildman–Crippen MR) is 64.9 cm³/mol. The number of rotatable bonds is 8. The molecule has 0 aliphatic carbocycles. The van der Waals surface area contributed by atoms with Gasteiger partial charge < -0.3 is 10.2 Å². The summed E-state index contributed by atoms with van der Waals surface area (Å²) in [4.78, 5) is 12.9. The van der Waals surface area contributed by atoms with Gasteiger partial charge in [-0.2, -0.15) is 0 Å². The van der Waals surface area contributed by atoms with Crippen molar-refractivity contribution < 1.29 is 4.79 Å². The van der Waals surface area contributed by atoms with E-state index in [4.69, 9.17) is 0 Å². The second-order valence-corrected chi connectivity index (χ2v) is 4.28. The van der Waals surface area contributed by atoms with Crippen molar-refractivity contribution in [2.45, 2.75) is 39.5 Å². The number of nitrogens with one attached hydrogen (secondary N) is 1. The second kappa shape index (κ2) is 8.72. The maximum atomic E-state index is 11.3. The van der Waals surface area contributed by atoms with Crippen LogP contribution in [0, 0.1) is 5.92 Å². The first-order valence-corrected chi connectivity index (χ1v) is 6.02. The molecule has 90 valence electrons. The lowest BCUT2D eigenvalue weighted by Gasteiger charge is -2.13. The van der Waals surface area contributed by atoms with Gasteiger partial charge in [-0.25, -0.2) is 0 Å². The van der Waals surface area contributed by atoms with E-state index >= 15 is 0 Å². The summed E-state index contributed by atoms with van der Waals surface area (Å²) in [5.41, 5.74) is 0. The Bertz CT molecular complexity index is 165. The Morgan fingerprint density at radius 2 is 1.87 bits per heavy atom. The van der Waals surface area contributed by atoms with Gasteiger partial charge in [-0.05, 0) is 25.4 Å². The van der Waals surface area contributed by atoms with Crippen molar-refractivity contribution in [1.82, 2.24) is 10.2 Å². The number of nitrogens with zero attached hydrogens (tertiary/aromatic N) is 1. The molecular formula is C12H26N2O. The third-order valence-electron chi connectivity index (χ3n) is 2.83. The molecule has 1 amide bonds. The average Bonchev–Trinajstić information content (AvgIpc) is 2.23. The van der Waals surface area contributed by atoms with Gasteiger partial charge in [0.05, 0.1) is 0 Å². The van der Waals surface area contributed by atoms with E-state index in [0.717, 1.165) is 25.4 Å². The molecule has 0 unspecified atom stereocenters. The molecule has 1 N–H and O–H groups in total. The molecule has 0 aliphatic heterocycles. The van der Waals surface area contributed by atoms with Crippen LogP contribution in [-0.4, -0.2) is 38.0 Å². The van der Waals surface area contributed by atoms with E-state index in [1.807, 2.05) is 0 Å². The third kappa shape index (κ3) is 7.37. The molecule has 0 saturated carbocycles. The summed E-state index contributed by atoms with van der Waals surface area (Å²) in [6.07, 6.45) is 4.07. The van der Waals surface area contributed by atoms with Crippen molar-refractivity contribution in [3.8, 4) is 0 Å². The topological polar surface area (TPSA) is 32.3 Å². The normalized spacial score (nSPS) is 10.7. The lowest BCUT2D eigenvalue weighted by Crippen LogP contribution is -2.26. The fourth-order valence-corrected chi connectivity index (χ4v) is 1.47. The molecule has 0 fully saturated rings. The molecule has 3 nitrogen and oxygen atoms in total. The summed E-state index contributed by atoms with van der Waals surface area (Å²) in [6, 6.07) is 0. The van der Waals surface area contributed by atoms with Crippen LogP contribution in [0.4, 0.5) is 0 Å². The second-order valence-electron chi connectivity index (χ2n) is 4.28. The van der Waals surface area contributed by atoms with Gasteiger partial charge in [-0.1, -0.05) is 26.7 Å². The SMILES string of the molecule is CCC(CC)CNCCCC(=O)N(C)C. The molecule has 0 radical (unpaired) electrons. The number of carbonyl (C=O) groups is 1. The zero-order chi connectivity index (χ0) is 11.7. The summed E-state index contributed by atoms with van der Waals surface area (Å²) < 4.78 is 0. The van der Waals surface area contributed by atoms with Gasteiger partial charge in [0, 0.05) is 20.5 Å². The Labute approximate surface area is 94.2 Å². The third-order valence-corrected chi connectivity index (χ3v) is 2.83. The minimum absolute atomic E-state index is 0.222. The number of amides is 1. The molecule has 0 aromatic carbocycles. The van der Waals surface area contributed by atoms with Crippen LogP contribution in [0.15, 0.2) is 0 Å². The Morgan fingerprint density at radius 3 is 2.33 bits per heavy atom. The van der Waals surface area contributed by atoms with E-state index in [1.165, 1.54) is 12.8 Å². The molecule has 0 atom stereocenters. The fourth-order valence-electron chi connectivity index (χ4n) is 1.47. The lowest BCUT2D eigenvalue weighted by molar-refractivity contribution is -0.128. The maximum Gasteiger partial charge on any atom is 0.222 e. The van der Waals surface area contributed by atoms with Gasteiger partial charge in [-0.3, -0.25) is 4.79 Å². The summed E-state index contributed by atoms with van der Waals surface area (Å²) in [5.74, 6) is 1.01. The largest absolute Gasteiger partial charge is 0.349 e. The highest BCUT2D eigenvalue weighted by Crippen LogP contribution is 2.04.